The van der Waals surface area contributed by atoms with Crippen LogP contribution in [0, 0.1) is 18.3 Å². The maximum absolute atomic E-state index is 13.9. The first-order valence-electron chi connectivity index (χ1n) is 15.2. The van der Waals surface area contributed by atoms with Crippen LogP contribution in [0.4, 0.5) is 0 Å². The van der Waals surface area contributed by atoms with Crippen LogP contribution in [0.1, 0.15) is 70.7 Å². The number of aliphatic hydroxyl groups excluding tert-OH is 1. The first-order valence-corrected chi connectivity index (χ1v) is 16.1. The number of hydrogen-bond donors (Lipinski definition) is 4. The van der Waals surface area contributed by atoms with E-state index in [-0.39, 0.29) is 31.2 Å². The number of nitrogens with one attached hydrogen (secondary N) is 2. The molecule has 2 aliphatic rings. The number of aliphatic carboxylic acids is 1. The molecule has 0 unspecified atom stereocenters. The largest absolute Gasteiger partial charge is 0.481 e. The Bertz CT molecular complexity index is 1410. The molecule has 2 fully saturated rings. The van der Waals surface area contributed by atoms with Gasteiger partial charge in [-0.2, -0.15) is 0 Å². The second-order valence-electron chi connectivity index (χ2n) is 13.0. The summed E-state index contributed by atoms with van der Waals surface area (Å²) < 4.78 is 0. The fourth-order valence-corrected chi connectivity index (χ4v) is 6.78. The molecule has 12 nitrogen and oxygen atoms in total. The van der Waals surface area contributed by atoms with Gasteiger partial charge in [-0.1, -0.05) is 45.0 Å². The Labute approximate surface area is 267 Å². The van der Waals surface area contributed by atoms with Gasteiger partial charge < -0.3 is 30.6 Å². The predicted octanol–water partition coefficient (Wildman–Crippen LogP) is 2.50. The van der Waals surface area contributed by atoms with Crippen LogP contribution in [-0.4, -0.2) is 92.4 Å². The van der Waals surface area contributed by atoms with Gasteiger partial charge in [0.05, 0.1) is 40.6 Å². The van der Waals surface area contributed by atoms with E-state index in [2.05, 4.69) is 15.6 Å². The van der Waals surface area contributed by atoms with Gasteiger partial charge in [0.25, 0.3) is 0 Å². The quantitative estimate of drug-likeness (QED) is 0.324. The molecule has 0 radical (unpaired) electrons. The maximum Gasteiger partial charge on any atom is 0.306 e. The van der Waals surface area contributed by atoms with Crippen LogP contribution in [0.2, 0.25) is 0 Å². The summed E-state index contributed by atoms with van der Waals surface area (Å²) in [5.41, 5.74) is 3.65. The van der Waals surface area contributed by atoms with Crippen molar-refractivity contribution in [1.29, 1.82) is 0 Å². The molecular formula is C32H43N5O7S. The lowest BCUT2D eigenvalue weighted by Gasteiger charge is -2.35. The van der Waals surface area contributed by atoms with Crippen molar-refractivity contribution in [3.63, 3.8) is 0 Å². The van der Waals surface area contributed by atoms with Gasteiger partial charge in [-0.25, -0.2) is 4.98 Å². The number of rotatable bonds is 9. The molecule has 0 spiro atoms. The summed E-state index contributed by atoms with van der Waals surface area (Å²) >= 11 is 1.52. The van der Waals surface area contributed by atoms with Crippen molar-refractivity contribution in [1.82, 2.24) is 25.4 Å². The molecule has 0 aliphatic carbocycles. The van der Waals surface area contributed by atoms with E-state index in [0.29, 0.717) is 31.5 Å². The molecule has 244 valence electrons. The number of hydrogen-bond acceptors (Lipinski definition) is 8. The standard InChI is InChI=1S/C32H43N5O7S/c1-18-27(45-17-33-18)21-8-6-20(7-9-21)24(15-26(40)36-12-10-22(11-13-36)31(43)44)35-29(41)25-14-23(39)16-37(25)30(42)28(32(3,4)5)34-19(2)38/h6-9,17,22-25,28,39H,10-16H2,1-5H3,(H,34,38)(H,35,41)(H,43,44)/t23-,24+,25+,28-/m1/s1. The molecule has 13 heteroatoms. The molecule has 0 bridgehead atoms. The van der Waals surface area contributed by atoms with Crippen molar-refractivity contribution in [2.45, 2.75) is 84.5 Å². The van der Waals surface area contributed by atoms with E-state index in [1.165, 1.54) is 23.2 Å². The number of aliphatic hydroxyl groups is 1. The van der Waals surface area contributed by atoms with E-state index < -0.39 is 53.3 Å². The number of aromatic nitrogens is 1. The van der Waals surface area contributed by atoms with Crippen molar-refractivity contribution in [3.05, 3.63) is 41.0 Å². The van der Waals surface area contributed by atoms with Gasteiger partial charge in [0, 0.05) is 33.0 Å². The number of carbonyl (C=O) groups is 5. The van der Waals surface area contributed by atoms with Crippen LogP contribution in [0.25, 0.3) is 10.4 Å². The van der Waals surface area contributed by atoms with Crippen LogP contribution in [-0.2, 0) is 24.0 Å². The van der Waals surface area contributed by atoms with Gasteiger partial charge in [0.2, 0.25) is 23.6 Å². The summed E-state index contributed by atoms with van der Waals surface area (Å²) in [6, 6.07) is 4.86. The second-order valence-corrected chi connectivity index (χ2v) is 13.9. The Morgan fingerprint density at radius 1 is 1.07 bits per heavy atom. The van der Waals surface area contributed by atoms with Crippen molar-refractivity contribution in [3.8, 4) is 10.4 Å². The maximum atomic E-state index is 13.9. The van der Waals surface area contributed by atoms with Crippen LogP contribution < -0.4 is 10.6 Å². The molecule has 2 aliphatic heterocycles. The number of likely N-dealkylation sites (tertiary alicyclic amines) is 2. The van der Waals surface area contributed by atoms with Gasteiger partial charge in [-0.3, -0.25) is 24.0 Å². The van der Waals surface area contributed by atoms with Crippen LogP contribution in [0.5, 0.6) is 0 Å². The molecule has 0 saturated carbocycles. The van der Waals surface area contributed by atoms with Crippen molar-refractivity contribution < 1.29 is 34.2 Å². The zero-order valence-electron chi connectivity index (χ0n) is 26.4. The summed E-state index contributed by atoms with van der Waals surface area (Å²) in [6.07, 6.45) is -0.258. The molecule has 4 atom stereocenters. The number of carboxylic acids is 1. The third kappa shape index (κ3) is 8.26. The smallest absolute Gasteiger partial charge is 0.306 e. The Kier molecular flexibility index (Phi) is 10.6. The lowest BCUT2D eigenvalue weighted by atomic mass is 9.85. The van der Waals surface area contributed by atoms with Gasteiger partial charge in [-0.15, -0.1) is 11.3 Å². The molecule has 3 heterocycles. The minimum Gasteiger partial charge on any atom is -0.481 e. The Hall–Kier alpha value is -3.84. The first kappa shape index (κ1) is 34.0. The Balaban J connectivity index is 1.57. The molecule has 1 aromatic carbocycles. The summed E-state index contributed by atoms with van der Waals surface area (Å²) in [5.74, 6) is -2.93. The van der Waals surface area contributed by atoms with Crippen molar-refractivity contribution in [2.75, 3.05) is 19.6 Å². The van der Waals surface area contributed by atoms with Crippen molar-refractivity contribution in [2.24, 2.45) is 11.3 Å². The highest BCUT2D eigenvalue weighted by molar-refractivity contribution is 7.13. The SMILES string of the molecule is CC(=O)N[C@H](C(=O)N1C[C@H](O)C[C@H]1C(=O)N[C@@H](CC(=O)N1CCC(C(=O)O)CC1)c1ccc(-c2scnc2C)cc1)C(C)(C)C. The van der Waals surface area contributed by atoms with Gasteiger partial charge in [-0.05, 0) is 36.3 Å². The fourth-order valence-electron chi connectivity index (χ4n) is 5.97. The number of carbonyl (C=O) groups excluding carboxylic acids is 4. The minimum absolute atomic E-state index is 0.0153. The monoisotopic (exact) mass is 641 g/mol. The van der Waals surface area contributed by atoms with Gasteiger partial charge in [0.1, 0.15) is 12.1 Å². The van der Waals surface area contributed by atoms with E-state index in [1.54, 1.807) is 10.4 Å². The topological polar surface area (TPSA) is 169 Å². The predicted molar refractivity (Wildman–Crippen MR) is 168 cm³/mol. The van der Waals surface area contributed by atoms with E-state index in [0.717, 1.165) is 16.1 Å². The number of nitrogens with zero attached hydrogens (tertiary/aromatic N) is 3. The lowest BCUT2D eigenvalue weighted by Crippen LogP contribution is -2.57. The Morgan fingerprint density at radius 2 is 1.71 bits per heavy atom. The summed E-state index contributed by atoms with van der Waals surface area (Å²) in [7, 11) is 0. The third-order valence-electron chi connectivity index (χ3n) is 8.54. The van der Waals surface area contributed by atoms with Gasteiger partial charge >= 0.3 is 5.97 Å². The molecule has 1 aromatic heterocycles. The number of carboxylic acid groups (broad SMARTS) is 1. The first-order chi connectivity index (χ1) is 21.1. The Morgan fingerprint density at radius 3 is 2.24 bits per heavy atom. The summed E-state index contributed by atoms with van der Waals surface area (Å²) in [4.78, 5) is 72.6. The number of piperidine rings is 1. The average molecular weight is 642 g/mol. The molecule has 4 N–H and O–H groups in total. The molecule has 4 rings (SSSR count). The van der Waals surface area contributed by atoms with Gasteiger partial charge in [0.15, 0.2) is 0 Å². The number of benzene rings is 1. The molecule has 2 aromatic rings. The number of thiazole rings is 1. The molecular weight excluding hydrogens is 598 g/mol. The van der Waals surface area contributed by atoms with Crippen LogP contribution in [0.15, 0.2) is 29.8 Å². The van der Waals surface area contributed by atoms with Crippen LogP contribution in [0.3, 0.4) is 0 Å². The van der Waals surface area contributed by atoms with E-state index in [9.17, 15) is 34.2 Å². The lowest BCUT2D eigenvalue weighted by molar-refractivity contribution is -0.146. The highest BCUT2D eigenvalue weighted by atomic mass is 32.1. The second kappa shape index (κ2) is 14.1. The summed E-state index contributed by atoms with van der Waals surface area (Å²) in [5, 5.41) is 25.6. The summed E-state index contributed by atoms with van der Waals surface area (Å²) in [6.45, 7) is 9.25. The van der Waals surface area contributed by atoms with E-state index in [1.807, 2.05) is 52.0 Å². The molecule has 2 saturated heterocycles. The zero-order chi connectivity index (χ0) is 33.1. The molecule has 45 heavy (non-hydrogen) atoms. The highest BCUT2D eigenvalue weighted by Crippen LogP contribution is 2.31. The van der Waals surface area contributed by atoms with Crippen molar-refractivity contribution >= 4 is 40.9 Å². The number of β-amino-alcohol motifs (C(OH)–C–C–N with tert-alkyl or cyclic N) is 1. The average Bonchev–Trinajstić information content (AvgIpc) is 3.60. The van der Waals surface area contributed by atoms with E-state index >= 15 is 0 Å². The third-order valence-corrected chi connectivity index (χ3v) is 9.52. The zero-order valence-corrected chi connectivity index (χ0v) is 27.2. The molecule has 4 amide bonds. The number of aryl methyl sites for hydroxylation is 1. The highest BCUT2D eigenvalue weighted by Gasteiger charge is 2.45. The van der Waals surface area contributed by atoms with Crippen LogP contribution >= 0.6 is 11.3 Å². The number of amides is 4. The van der Waals surface area contributed by atoms with E-state index in [4.69, 9.17) is 0 Å². The minimum atomic E-state index is -1.01. The fraction of sp³-hybridized carbons (Fsp3) is 0.562. The normalized spacial score (nSPS) is 20.4.